The smallest absolute Gasteiger partial charge is 0.248 e. The summed E-state index contributed by atoms with van der Waals surface area (Å²) in [5.41, 5.74) is 6.09. The maximum Gasteiger partial charge on any atom is 0.248 e. The Kier molecular flexibility index (Phi) is 4.70. The number of amides is 2. The summed E-state index contributed by atoms with van der Waals surface area (Å²) in [6.07, 6.45) is 0.540. The van der Waals surface area contributed by atoms with Gasteiger partial charge in [-0.2, -0.15) is 0 Å². The Labute approximate surface area is 116 Å². The fraction of sp³-hybridized carbons (Fsp3) is 0.429. The molecule has 1 aliphatic rings. The van der Waals surface area contributed by atoms with Gasteiger partial charge < -0.3 is 20.9 Å². The van der Waals surface area contributed by atoms with Crippen LogP contribution in [0.1, 0.15) is 29.6 Å². The molecular formula is C14H18N2O4. The lowest BCUT2D eigenvalue weighted by atomic mass is 10.0. The molecule has 0 unspecified atom stereocenters. The molecular weight excluding hydrogens is 260 g/mol. The van der Waals surface area contributed by atoms with Gasteiger partial charge in [-0.25, -0.2) is 0 Å². The van der Waals surface area contributed by atoms with Crippen LogP contribution in [-0.2, 0) is 9.53 Å². The van der Waals surface area contributed by atoms with Crippen LogP contribution in [0.4, 0.5) is 5.69 Å². The molecule has 0 spiro atoms. The number of rotatable bonds is 4. The lowest BCUT2D eigenvalue weighted by Crippen LogP contribution is -2.36. The quantitative estimate of drug-likeness (QED) is 0.752. The average molecular weight is 278 g/mol. The lowest BCUT2D eigenvalue weighted by Gasteiger charge is -2.27. The Bertz CT molecular complexity index is 486. The van der Waals surface area contributed by atoms with Crippen LogP contribution in [0.5, 0.6) is 0 Å². The summed E-state index contributed by atoms with van der Waals surface area (Å²) in [4.78, 5) is 22.8. The Morgan fingerprint density at radius 1 is 1.35 bits per heavy atom. The third kappa shape index (κ3) is 3.79. The van der Waals surface area contributed by atoms with Gasteiger partial charge >= 0.3 is 0 Å². The Balaban J connectivity index is 1.89. The second-order valence-electron chi connectivity index (χ2n) is 4.81. The molecule has 0 bridgehead atoms. The molecule has 1 heterocycles. The van der Waals surface area contributed by atoms with Gasteiger partial charge in [-0.3, -0.25) is 9.59 Å². The molecule has 1 aromatic rings. The molecule has 6 heteroatoms. The van der Waals surface area contributed by atoms with Gasteiger partial charge in [0.2, 0.25) is 11.8 Å². The fourth-order valence-corrected chi connectivity index (χ4v) is 2.13. The molecule has 4 N–H and O–H groups in total. The molecule has 108 valence electrons. The van der Waals surface area contributed by atoms with E-state index in [0.717, 1.165) is 6.42 Å². The maximum atomic E-state index is 11.9. The number of carbonyl (C=O) groups is 2. The van der Waals surface area contributed by atoms with Crippen LogP contribution >= 0.6 is 0 Å². The predicted octanol–water partition coefficient (Wildman–Crippen LogP) is 0.654. The zero-order valence-electron chi connectivity index (χ0n) is 11.0. The van der Waals surface area contributed by atoms with Crippen LogP contribution in [0, 0.1) is 0 Å². The first-order valence-corrected chi connectivity index (χ1v) is 6.55. The number of carbonyl (C=O) groups excluding carboxylic acids is 2. The molecule has 0 aromatic heterocycles. The average Bonchev–Trinajstić information content (AvgIpc) is 2.42. The minimum Gasteiger partial charge on any atom is -0.390 e. The number of primary amides is 1. The van der Waals surface area contributed by atoms with Gasteiger partial charge in [0.05, 0.1) is 18.6 Å². The molecule has 1 aromatic carbocycles. The summed E-state index contributed by atoms with van der Waals surface area (Å²) in [6, 6.07) is 6.31. The summed E-state index contributed by atoms with van der Waals surface area (Å²) in [5, 5.41) is 12.4. The summed E-state index contributed by atoms with van der Waals surface area (Å²) in [6.45, 7) is 0.572. The predicted molar refractivity (Wildman–Crippen MR) is 73.2 cm³/mol. The number of anilines is 1. The van der Waals surface area contributed by atoms with E-state index in [1.54, 1.807) is 24.3 Å². The van der Waals surface area contributed by atoms with Crippen molar-refractivity contribution in [1.82, 2.24) is 0 Å². The number of aliphatic hydroxyl groups excluding tert-OH is 1. The van der Waals surface area contributed by atoms with E-state index in [4.69, 9.17) is 10.5 Å². The maximum absolute atomic E-state index is 11.9. The molecule has 6 nitrogen and oxygen atoms in total. The van der Waals surface area contributed by atoms with Crippen LogP contribution in [0.15, 0.2) is 24.3 Å². The molecule has 0 aliphatic carbocycles. The number of hydrogen-bond donors (Lipinski definition) is 3. The number of ether oxygens (including phenoxy) is 1. The highest BCUT2D eigenvalue weighted by Gasteiger charge is 2.26. The van der Waals surface area contributed by atoms with Crippen molar-refractivity contribution in [2.75, 3.05) is 11.9 Å². The van der Waals surface area contributed by atoms with E-state index in [2.05, 4.69) is 5.32 Å². The molecule has 20 heavy (non-hydrogen) atoms. The Morgan fingerprint density at radius 3 is 2.65 bits per heavy atom. The minimum absolute atomic E-state index is 0.110. The van der Waals surface area contributed by atoms with Gasteiger partial charge in [-0.05, 0) is 37.1 Å². The van der Waals surface area contributed by atoms with Gasteiger partial charge in [0, 0.05) is 17.9 Å². The highest BCUT2D eigenvalue weighted by molar-refractivity contribution is 5.94. The van der Waals surface area contributed by atoms with Crippen LogP contribution in [0.3, 0.4) is 0 Å². The first-order chi connectivity index (χ1) is 9.56. The van der Waals surface area contributed by atoms with Crippen molar-refractivity contribution in [1.29, 1.82) is 0 Å². The highest BCUT2D eigenvalue weighted by Crippen LogP contribution is 2.17. The molecule has 1 fully saturated rings. The van der Waals surface area contributed by atoms with Crippen LogP contribution in [0.2, 0.25) is 0 Å². The largest absolute Gasteiger partial charge is 0.390 e. The monoisotopic (exact) mass is 278 g/mol. The van der Waals surface area contributed by atoms with Crippen molar-refractivity contribution in [3.63, 3.8) is 0 Å². The highest BCUT2D eigenvalue weighted by atomic mass is 16.5. The summed E-state index contributed by atoms with van der Waals surface area (Å²) in [5.74, 6) is -0.746. The zero-order valence-corrected chi connectivity index (χ0v) is 11.0. The molecule has 2 rings (SSSR count). The summed E-state index contributed by atoms with van der Waals surface area (Å²) in [7, 11) is 0. The summed E-state index contributed by atoms with van der Waals surface area (Å²) < 4.78 is 5.38. The number of benzene rings is 1. The van der Waals surface area contributed by atoms with Gasteiger partial charge in [-0.1, -0.05) is 0 Å². The molecule has 1 aliphatic heterocycles. The van der Waals surface area contributed by atoms with Crippen molar-refractivity contribution < 1.29 is 19.4 Å². The fourth-order valence-electron chi connectivity index (χ4n) is 2.13. The van der Waals surface area contributed by atoms with Gasteiger partial charge in [0.15, 0.2) is 0 Å². The number of hydrogen-bond acceptors (Lipinski definition) is 4. The van der Waals surface area contributed by atoms with Gasteiger partial charge in [0.25, 0.3) is 0 Å². The Hall–Kier alpha value is -1.92. The van der Waals surface area contributed by atoms with Crippen molar-refractivity contribution in [2.45, 2.75) is 31.5 Å². The third-order valence-electron chi connectivity index (χ3n) is 3.25. The van der Waals surface area contributed by atoms with Crippen LogP contribution < -0.4 is 11.1 Å². The van der Waals surface area contributed by atoms with Gasteiger partial charge in [-0.15, -0.1) is 0 Å². The van der Waals surface area contributed by atoms with E-state index in [9.17, 15) is 14.7 Å². The normalized spacial score (nSPS) is 22.2. The molecule has 2 amide bonds. The summed E-state index contributed by atoms with van der Waals surface area (Å²) >= 11 is 0. The van der Waals surface area contributed by atoms with E-state index in [1.165, 1.54) is 0 Å². The first kappa shape index (κ1) is 14.5. The van der Waals surface area contributed by atoms with Crippen molar-refractivity contribution >= 4 is 17.5 Å². The van der Waals surface area contributed by atoms with E-state index in [0.29, 0.717) is 24.3 Å². The molecule has 0 radical (unpaired) electrons. The van der Waals surface area contributed by atoms with Crippen LogP contribution in [-0.4, -0.2) is 35.7 Å². The molecule has 0 saturated carbocycles. The third-order valence-corrected chi connectivity index (χ3v) is 3.25. The standard InChI is InChI=1S/C14H18N2O4/c15-14(19)9-3-5-10(6-4-9)16-13(18)8-12-11(17)2-1-7-20-12/h3-6,11-12,17H,1-2,7-8H2,(H2,15,19)(H,16,18)/t11-,12-/m0/s1. The van der Waals surface area contributed by atoms with Crippen molar-refractivity contribution in [2.24, 2.45) is 5.73 Å². The van der Waals surface area contributed by atoms with Crippen molar-refractivity contribution in [3.8, 4) is 0 Å². The van der Waals surface area contributed by atoms with Crippen LogP contribution in [0.25, 0.3) is 0 Å². The number of nitrogens with two attached hydrogens (primary N) is 1. The molecule has 1 saturated heterocycles. The SMILES string of the molecule is NC(=O)c1ccc(NC(=O)C[C@@H]2OCCC[C@@H]2O)cc1. The number of aliphatic hydroxyl groups is 1. The Morgan fingerprint density at radius 2 is 2.05 bits per heavy atom. The second-order valence-corrected chi connectivity index (χ2v) is 4.81. The minimum atomic E-state index is -0.591. The van der Waals surface area contributed by atoms with E-state index >= 15 is 0 Å². The zero-order chi connectivity index (χ0) is 14.5. The van der Waals surface area contributed by atoms with E-state index in [-0.39, 0.29) is 12.3 Å². The lowest BCUT2D eigenvalue weighted by molar-refractivity contribution is -0.125. The molecule has 2 atom stereocenters. The first-order valence-electron chi connectivity index (χ1n) is 6.55. The van der Waals surface area contributed by atoms with E-state index in [1.807, 2.05) is 0 Å². The van der Waals surface area contributed by atoms with E-state index < -0.39 is 18.1 Å². The van der Waals surface area contributed by atoms with Crippen molar-refractivity contribution in [3.05, 3.63) is 29.8 Å². The topological polar surface area (TPSA) is 102 Å². The second kappa shape index (κ2) is 6.49. The number of nitrogens with one attached hydrogen (secondary N) is 1. The van der Waals surface area contributed by atoms with Gasteiger partial charge in [0.1, 0.15) is 0 Å².